The van der Waals surface area contributed by atoms with Crippen molar-refractivity contribution in [1.82, 2.24) is 0 Å². The van der Waals surface area contributed by atoms with Crippen LogP contribution in [0.25, 0.3) is 11.1 Å². The van der Waals surface area contributed by atoms with Crippen LogP contribution in [0.15, 0.2) is 36.4 Å². The molecule has 2 rings (SSSR count). The van der Waals surface area contributed by atoms with Crippen molar-refractivity contribution in [2.75, 3.05) is 33.2 Å². The van der Waals surface area contributed by atoms with Gasteiger partial charge in [0, 0.05) is 31.4 Å². The highest BCUT2D eigenvalue weighted by molar-refractivity contribution is 5.74. The molecule has 0 amide bonds. The average Bonchev–Trinajstić information content (AvgIpc) is 2.46. The maximum absolute atomic E-state index is 5.48. The third-order valence-electron chi connectivity index (χ3n) is 3.00. The molecule has 0 saturated heterocycles. The number of anilines is 1. The van der Waals surface area contributed by atoms with E-state index in [-0.39, 0.29) is 0 Å². The largest absolute Gasteiger partial charge is 0.497 e. The molecule has 0 aliphatic carbocycles. The van der Waals surface area contributed by atoms with Crippen LogP contribution >= 0.6 is 0 Å². The van der Waals surface area contributed by atoms with E-state index in [1.54, 1.807) is 14.2 Å². The van der Waals surface area contributed by atoms with Gasteiger partial charge in [0.1, 0.15) is 11.5 Å². The Kier molecular flexibility index (Phi) is 3.95. The summed E-state index contributed by atoms with van der Waals surface area (Å²) in [4.78, 5) is 2.04. The van der Waals surface area contributed by atoms with E-state index in [0.29, 0.717) is 0 Å². The normalized spacial score (nSPS) is 10.1. The van der Waals surface area contributed by atoms with Gasteiger partial charge in [-0.1, -0.05) is 6.07 Å². The molecule has 0 saturated carbocycles. The zero-order valence-corrected chi connectivity index (χ0v) is 11.7. The number of hydrogen-bond donors (Lipinski definition) is 0. The fourth-order valence-electron chi connectivity index (χ4n) is 1.91. The Labute approximate surface area is 114 Å². The van der Waals surface area contributed by atoms with Crippen molar-refractivity contribution in [2.45, 2.75) is 0 Å². The van der Waals surface area contributed by atoms with E-state index in [0.717, 1.165) is 28.3 Å². The second kappa shape index (κ2) is 5.65. The van der Waals surface area contributed by atoms with Gasteiger partial charge in [0.05, 0.1) is 14.2 Å². The lowest BCUT2D eigenvalue weighted by Gasteiger charge is -2.16. The van der Waals surface area contributed by atoms with Gasteiger partial charge >= 0.3 is 0 Å². The van der Waals surface area contributed by atoms with Crippen LogP contribution in [-0.4, -0.2) is 28.3 Å². The Hall–Kier alpha value is -2.16. The number of ether oxygens (including phenoxy) is 2. The molecule has 0 unspecified atom stereocenters. The first-order valence-electron chi connectivity index (χ1n) is 6.07. The van der Waals surface area contributed by atoms with Crippen LogP contribution in [-0.2, 0) is 0 Å². The van der Waals surface area contributed by atoms with E-state index >= 15 is 0 Å². The summed E-state index contributed by atoms with van der Waals surface area (Å²) in [5, 5.41) is 0. The van der Waals surface area contributed by atoms with Crippen LogP contribution in [0.1, 0.15) is 0 Å². The summed E-state index contributed by atoms with van der Waals surface area (Å²) in [6.45, 7) is 0. The first-order valence-corrected chi connectivity index (χ1v) is 6.07. The molecule has 0 spiro atoms. The molecule has 0 aliphatic heterocycles. The van der Waals surface area contributed by atoms with Crippen molar-refractivity contribution in [2.24, 2.45) is 0 Å². The molecular weight excluding hydrogens is 238 g/mol. The highest BCUT2D eigenvalue weighted by Crippen LogP contribution is 2.34. The first-order chi connectivity index (χ1) is 9.15. The minimum absolute atomic E-state index is 0.812. The second-order valence-electron chi connectivity index (χ2n) is 4.42. The van der Waals surface area contributed by atoms with Crippen LogP contribution in [0.5, 0.6) is 11.5 Å². The lowest BCUT2D eigenvalue weighted by atomic mass is 10.0. The van der Waals surface area contributed by atoms with Gasteiger partial charge in [-0.3, -0.25) is 0 Å². The van der Waals surface area contributed by atoms with E-state index in [9.17, 15) is 0 Å². The van der Waals surface area contributed by atoms with E-state index in [2.05, 4.69) is 12.1 Å². The van der Waals surface area contributed by atoms with Crippen molar-refractivity contribution < 1.29 is 9.47 Å². The quantitative estimate of drug-likeness (QED) is 0.838. The van der Waals surface area contributed by atoms with Gasteiger partial charge in [0.25, 0.3) is 0 Å². The van der Waals surface area contributed by atoms with Crippen molar-refractivity contribution in [3.8, 4) is 22.6 Å². The Morgan fingerprint density at radius 3 is 2.42 bits per heavy atom. The molecule has 3 nitrogen and oxygen atoms in total. The molecule has 19 heavy (non-hydrogen) atoms. The fourth-order valence-corrected chi connectivity index (χ4v) is 1.91. The van der Waals surface area contributed by atoms with Crippen molar-refractivity contribution in [3.63, 3.8) is 0 Å². The number of methoxy groups -OCH3 is 2. The summed E-state index contributed by atoms with van der Waals surface area (Å²) in [5.41, 5.74) is 3.07. The number of benzene rings is 2. The van der Waals surface area contributed by atoms with Crippen molar-refractivity contribution >= 4 is 5.69 Å². The monoisotopic (exact) mass is 256 g/mol. The fraction of sp³-hybridized carbons (Fsp3) is 0.250. The maximum Gasteiger partial charge on any atom is 0.128 e. The summed E-state index contributed by atoms with van der Waals surface area (Å²) < 4.78 is 10.7. The minimum Gasteiger partial charge on any atom is -0.497 e. The minimum atomic E-state index is 0.812. The van der Waals surface area contributed by atoms with E-state index in [4.69, 9.17) is 9.47 Å². The summed E-state index contributed by atoms with van der Waals surface area (Å²) in [6.07, 6.45) is 0. The molecule has 0 aliphatic rings. The third kappa shape index (κ3) is 2.81. The lowest BCUT2D eigenvalue weighted by Crippen LogP contribution is -2.08. The highest BCUT2D eigenvalue weighted by Gasteiger charge is 2.09. The summed E-state index contributed by atoms with van der Waals surface area (Å²) in [5.74, 6) is 1.64. The van der Waals surface area contributed by atoms with Gasteiger partial charge < -0.3 is 14.4 Å². The molecule has 0 heterocycles. The smallest absolute Gasteiger partial charge is 0.128 e. The average molecular weight is 256 g/mol. The van der Waals surface area contributed by atoms with Crippen LogP contribution in [0, 0.1) is 6.07 Å². The predicted octanol–water partition coefficient (Wildman–Crippen LogP) is 3.24. The molecule has 1 radical (unpaired) electrons. The molecule has 99 valence electrons. The predicted molar refractivity (Wildman–Crippen MR) is 78.1 cm³/mol. The molecular formula is C16H18NO2. The van der Waals surface area contributed by atoms with Gasteiger partial charge in [-0.05, 0) is 35.9 Å². The van der Waals surface area contributed by atoms with Crippen molar-refractivity contribution in [1.29, 1.82) is 0 Å². The highest BCUT2D eigenvalue weighted by atomic mass is 16.5. The maximum atomic E-state index is 5.48. The van der Waals surface area contributed by atoms with Crippen LogP contribution in [0.3, 0.4) is 0 Å². The van der Waals surface area contributed by atoms with Gasteiger partial charge in [0.15, 0.2) is 0 Å². The molecule has 0 aromatic heterocycles. The second-order valence-corrected chi connectivity index (χ2v) is 4.42. The SMILES string of the molecule is COc1cc[c]c(-c2ccc(N(C)C)cc2OC)c1. The van der Waals surface area contributed by atoms with Crippen LogP contribution < -0.4 is 14.4 Å². The number of nitrogens with zero attached hydrogens (tertiary/aromatic N) is 1. The molecule has 0 N–H and O–H groups in total. The molecule has 2 aromatic carbocycles. The van der Waals surface area contributed by atoms with E-state index in [1.165, 1.54) is 0 Å². The van der Waals surface area contributed by atoms with Gasteiger partial charge in [0.2, 0.25) is 0 Å². The van der Waals surface area contributed by atoms with Crippen LogP contribution in [0.2, 0.25) is 0 Å². The number of rotatable bonds is 4. The summed E-state index contributed by atoms with van der Waals surface area (Å²) >= 11 is 0. The van der Waals surface area contributed by atoms with Gasteiger partial charge in [-0.15, -0.1) is 0 Å². The van der Waals surface area contributed by atoms with Gasteiger partial charge in [-0.25, -0.2) is 0 Å². The molecule has 2 aromatic rings. The topological polar surface area (TPSA) is 21.7 Å². The molecule has 0 atom stereocenters. The number of hydrogen-bond acceptors (Lipinski definition) is 3. The lowest BCUT2D eigenvalue weighted by molar-refractivity contribution is 0.413. The van der Waals surface area contributed by atoms with Crippen molar-refractivity contribution in [3.05, 3.63) is 42.5 Å². The molecule has 0 bridgehead atoms. The zero-order valence-electron chi connectivity index (χ0n) is 11.7. The molecule has 0 fully saturated rings. The van der Waals surface area contributed by atoms with Gasteiger partial charge in [-0.2, -0.15) is 0 Å². The third-order valence-corrected chi connectivity index (χ3v) is 3.00. The first kappa shape index (κ1) is 13.3. The summed E-state index contributed by atoms with van der Waals surface area (Å²) in [6, 6.07) is 15.0. The Morgan fingerprint density at radius 1 is 1.00 bits per heavy atom. The Balaban J connectivity index is 2.49. The standard InChI is InChI=1S/C16H18NO2/c1-17(2)13-8-9-15(16(11-13)19-4)12-6-5-7-14(10-12)18-3/h5,7-11H,1-4H3. The van der Waals surface area contributed by atoms with E-state index < -0.39 is 0 Å². The Morgan fingerprint density at radius 2 is 1.79 bits per heavy atom. The summed E-state index contributed by atoms with van der Waals surface area (Å²) in [7, 11) is 7.35. The molecule has 3 heteroatoms. The zero-order chi connectivity index (χ0) is 13.8. The Bertz CT molecular complexity index is 564. The van der Waals surface area contributed by atoms with E-state index in [1.807, 2.05) is 49.3 Å². The van der Waals surface area contributed by atoms with Crippen LogP contribution in [0.4, 0.5) is 5.69 Å².